The van der Waals surface area contributed by atoms with Gasteiger partial charge in [-0.2, -0.15) is 0 Å². The molecular formula is C12H16N2O4. The van der Waals surface area contributed by atoms with E-state index in [1.807, 2.05) is 0 Å². The monoisotopic (exact) mass is 252 g/mol. The van der Waals surface area contributed by atoms with E-state index in [-0.39, 0.29) is 23.6 Å². The van der Waals surface area contributed by atoms with Gasteiger partial charge in [-0.15, -0.1) is 0 Å². The third-order valence-electron chi connectivity index (χ3n) is 3.03. The molecule has 1 amide bonds. The third kappa shape index (κ3) is 2.72. The lowest BCUT2D eigenvalue weighted by atomic mass is 10.0. The van der Waals surface area contributed by atoms with Gasteiger partial charge in [0.05, 0.1) is 11.2 Å². The Bertz CT molecular complexity index is 455. The van der Waals surface area contributed by atoms with Crippen molar-refractivity contribution in [1.29, 1.82) is 0 Å². The Kier molecular flexibility index (Phi) is 3.40. The number of β-amino-alcohol motifs (C(OH)–C–C–N with tert-alkyl or cyclic N) is 1. The Balaban J connectivity index is 1.99. The largest absolute Gasteiger partial charge is 0.508 e. The first-order valence-corrected chi connectivity index (χ1v) is 5.73. The second-order valence-corrected chi connectivity index (χ2v) is 4.54. The molecule has 0 spiro atoms. The van der Waals surface area contributed by atoms with Crippen LogP contribution in [0.5, 0.6) is 11.5 Å². The Labute approximate surface area is 104 Å². The molecule has 0 aliphatic carbocycles. The zero-order valence-corrected chi connectivity index (χ0v) is 9.81. The number of phenols is 2. The van der Waals surface area contributed by atoms with Crippen molar-refractivity contribution in [2.75, 3.05) is 19.6 Å². The minimum absolute atomic E-state index is 0.0716. The van der Waals surface area contributed by atoms with Crippen LogP contribution in [0, 0.1) is 0 Å². The first kappa shape index (κ1) is 12.7. The number of phenolic OH excluding ortho intramolecular Hbond substituents is 2. The van der Waals surface area contributed by atoms with E-state index in [1.165, 1.54) is 12.1 Å². The molecule has 6 heteroatoms. The van der Waals surface area contributed by atoms with Crippen molar-refractivity contribution in [3.8, 4) is 11.5 Å². The normalized spacial score (nSPS) is 22.9. The van der Waals surface area contributed by atoms with Crippen molar-refractivity contribution in [3.63, 3.8) is 0 Å². The quantitative estimate of drug-likeness (QED) is 0.501. The second kappa shape index (κ2) is 4.83. The summed E-state index contributed by atoms with van der Waals surface area (Å²) in [5.74, 6) is -0.875. The molecule has 1 unspecified atom stereocenters. The third-order valence-corrected chi connectivity index (χ3v) is 3.03. The number of amides is 1. The molecule has 0 bridgehead atoms. The van der Waals surface area contributed by atoms with Crippen LogP contribution in [0.2, 0.25) is 0 Å². The molecule has 5 N–H and O–H groups in total. The minimum Gasteiger partial charge on any atom is -0.508 e. The van der Waals surface area contributed by atoms with Gasteiger partial charge in [0.15, 0.2) is 0 Å². The van der Waals surface area contributed by atoms with Crippen LogP contribution >= 0.6 is 0 Å². The first-order valence-electron chi connectivity index (χ1n) is 5.73. The Hall–Kier alpha value is -1.79. The highest BCUT2D eigenvalue weighted by Crippen LogP contribution is 2.22. The predicted molar refractivity (Wildman–Crippen MR) is 64.5 cm³/mol. The van der Waals surface area contributed by atoms with E-state index < -0.39 is 11.5 Å². The zero-order chi connectivity index (χ0) is 13.2. The molecule has 6 nitrogen and oxygen atoms in total. The van der Waals surface area contributed by atoms with Gasteiger partial charge in [-0.3, -0.25) is 4.79 Å². The van der Waals surface area contributed by atoms with Gasteiger partial charge >= 0.3 is 0 Å². The van der Waals surface area contributed by atoms with Gasteiger partial charge in [0.2, 0.25) is 0 Å². The number of hydrogen-bond donors (Lipinski definition) is 5. The van der Waals surface area contributed by atoms with Crippen LogP contribution in [0.4, 0.5) is 0 Å². The topological polar surface area (TPSA) is 102 Å². The van der Waals surface area contributed by atoms with Gasteiger partial charge in [-0.1, -0.05) is 0 Å². The van der Waals surface area contributed by atoms with Crippen molar-refractivity contribution in [1.82, 2.24) is 10.6 Å². The number of hydrogen-bond acceptors (Lipinski definition) is 5. The maximum absolute atomic E-state index is 11.8. The first-order chi connectivity index (χ1) is 8.50. The van der Waals surface area contributed by atoms with Gasteiger partial charge < -0.3 is 26.0 Å². The summed E-state index contributed by atoms with van der Waals surface area (Å²) >= 11 is 0. The number of rotatable bonds is 3. The molecule has 0 saturated carbocycles. The number of aliphatic hydroxyl groups is 1. The molecule has 98 valence electrons. The van der Waals surface area contributed by atoms with E-state index in [4.69, 9.17) is 5.11 Å². The summed E-state index contributed by atoms with van der Waals surface area (Å²) in [6.45, 7) is 1.28. The summed E-state index contributed by atoms with van der Waals surface area (Å²) in [4.78, 5) is 11.8. The molecule has 1 heterocycles. The van der Waals surface area contributed by atoms with Crippen LogP contribution in [0.25, 0.3) is 0 Å². The molecule has 1 atom stereocenters. The molecule has 0 radical (unpaired) electrons. The zero-order valence-electron chi connectivity index (χ0n) is 9.81. The molecule has 1 saturated heterocycles. The van der Waals surface area contributed by atoms with Gasteiger partial charge in [0.25, 0.3) is 5.91 Å². The molecule has 1 aliphatic heterocycles. The molecule has 1 fully saturated rings. The minimum atomic E-state index is -0.928. The lowest BCUT2D eigenvalue weighted by Gasteiger charge is -2.21. The molecule has 1 aromatic carbocycles. The number of benzene rings is 1. The molecule has 0 aromatic heterocycles. The molecule has 1 aliphatic rings. The standard InChI is InChI=1S/C12H16N2O4/c15-8-1-2-9(10(16)5-8)11(17)14-7-12(18)3-4-13-6-12/h1-2,5,13,15-16,18H,3-4,6-7H2,(H,14,17). The fourth-order valence-electron chi connectivity index (χ4n) is 1.93. The molecule has 1 aromatic rings. The number of carbonyl (C=O) groups excluding carboxylic acids is 1. The smallest absolute Gasteiger partial charge is 0.255 e. The van der Waals surface area contributed by atoms with Crippen molar-refractivity contribution in [2.45, 2.75) is 12.0 Å². The van der Waals surface area contributed by atoms with Crippen molar-refractivity contribution in [3.05, 3.63) is 23.8 Å². The lowest BCUT2D eigenvalue weighted by molar-refractivity contribution is 0.0561. The van der Waals surface area contributed by atoms with E-state index in [0.29, 0.717) is 13.0 Å². The van der Waals surface area contributed by atoms with Crippen molar-refractivity contribution in [2.24, 2.45) is 0 Å². The Morgan fingerprint density at radius 1 is 1.44 bits per heavy atom. The van der Waals surface area contributed by atoms with Crippen LogP contribution < -0.4 is 10.6 Å². The number of aromatic hydroxyl groups is 2. The van der Waals surface area contributed by atoms with Gasteiger partial charge in [0.1, 0.15) is 11.5 Å². The summed E-state index contributed by atoms with van der Waals surface area (Å²) < 4.78 is 0. The average molecular weight is 252 g/mol. The molecular weight excluding hydrogens is 236 g/mol. The van der Waals surface area contributed by atoms with E-state index >= 15 is 0 Å². The summed E-state index contributed by atoms with van der Waals surface area (Å²) in [6, 6.07) is 3.75. The lowest BCUT2D eigenvalue weighted by Crippen LogP contribution is -2.44. The summed E-state index contributed by atoms with van der Waals surface area (Å²) in [7, 11) is 0. The van der Waals surface area contributed by atoms with Crippen LogP contribution in [-0.2, 0) is 0 Å². The fourth-order valence-corrected chi connectivity index (χ4v) is 1.93. The van der Waals surface area contributed by atoms with Crippen molar-refractivity contribution < 1.29 is 20.1 Å². The fraction of sp³-hybridized carbons (Fsp3) is 0.417. The van der Waals surface area contributed by atoms with Gasteiger partial charge in [-0.25, -0.2) is 0 Å². The SMILES string of the molecule is O=C(NCC1(O)CCNC1)c1ccc(O)cc1O. The van der Waals surface area contributed by atoms with E-state index in [1.54, 1.807) is 0 Å². The van der Waals surface area contributed by atoms with E-state index in [0.717, 1.165) is 12.6 Å². The summed E-state index contributed by atoms with van der Waals surface area (Å²) in [5, 5.41) is 34.2. The molecule has 2 rings (SSSR count). The Morgan fingerprint density at radius 2 is 2.22 bits per heavy atom. The van der Waals surface area contributed by atoms with Crippen molar-refractivity contribution >= 4 is 5.91 Å². The number of carbonyl (C=O) groups is 1. The van der Waals surface area contributed by atoms with E-state index in [2.05, 4.69) is 10.6 Å². The highest BCUT2D eigenvalue weighted by atomic mass is 16.3. The van der Waals surface area contributed by atoms with Crippen LogP contribution in [0.3, 0.4) is 0 Å². The number of nitrogens with one attached hydrogen (secondary N) is 2. The predicted octanol–water partition coefficient (Wildman–Crippen LogP) is -0.448. The van der Waals surface area contributed by atoms with Crippen LogP contribution in [-0.4, -0.2) is 46.5 Å². The molecule has 18 heavy (non-hydrogen) atoms. The highest BCUT2D eigenvalue weighted by Gasteiger charge is 2.31. The maximum atomic E-state index is 11.8. The Morgan fingerprint density at radius 3 is 2.83 bits per heavy atom. The van der Waals surface area contributed by atoms with Gasteiger partial charge in [-0.05, 0) is 25.1 Å². The maximum Gasteiger partial charge on any atom is 0.255 e. The summed E-state index contributed by atoms with van der Waals surface area (Å²) in [5.41, 5.74) is -0.857. The average Bonchev–Trinajstić information content (AvgIpc) is 2.74. The second-order valence-electron chi connectivity index (χ2n) is 4.54. The van der Waals surface area contributed by atoms with Crippen LogP contribution in [0.15, 0.2) is 18.2 Å². The van der Waals surface area contributed by atoms with E-state index in [9.17, 15) is 15.0 Å². The van der Waals surface area contributed by atoms with Crippen LogP contribution in [0.1, 0.15) is 16.8 Å². The summed E-state index contributed by atoms with van der Waals surface area (Å²) in [6.07, 6.45) is 0.578. The highest BCUT2D eigenvalue weighted by molar-refractivity contribution is 5.97. The van der Waals surface area contributed by atoms with Gasteiger partial charge in [0, 0.05) is 19.2 Å².